The number of carboxylic acids is 1. The molecule has 1 N–H and O–H groups in total. The first-order chi connectivity index (χ1) is 18.5. The van der Waals surface area contributed by atoms with Gasteiger partial charge in [-0.1, -0.05) is 51.1 Å². The number of nitriles is 1. The lowest BCUT2D eigenvalue weighted by atomic mass is 9.87. The van der Waals surface area contributed by atoms with Crippen LogP contribution in [0, 0.1) is 23.0 Å². The summed E-state index contributed by atoms with van der Waals surface area (Å²) < 4.78 is 28.6. The maximum absolute atomic E-state index is 14.9. The Hall–Kier alpha value is -4.54. The second-order valence-corrected chi connectivity index (χ2v) is 11.0. The van der Waals surface area contributed by atoms with E-state index >= 15 is 0 Å². The number of hydrogen-bond acceptors (Lipinski definition) is 4. The zero-order valence-electron chi connectivity index (χ0n) is 21.7. The van der Waals surface area contributed by atoms with Crippen LogP contribution in [0.25, 0.3) is 18.2 Å². The molecule has 0 amide bonds. The zero-order valence-corrected chi connectivity index (χ0v) is 22.5. The third-order valence-electron chi connectivity index (χ3n) is 6.02. The number of halogens is 2. The van der Waals surface area contributed by atoms with E-state index in [1.807, 2.05) is 66.7 Å². The van der Waals surface area contributed by atoms with Gasteiger partial charge in [0.2, 0.25) is 0 Å². The zero-order chi connectivity index (χ0) is 28.2. The van der Waals surface area contributed by atoms with Gasteiger partial charge in [0.25, 0.3) is 0 Å². The van der Waals surface area contributed by atoms with Crippen molar-refractivity contribution in [2.75, 3.05) is 4.90 Å². The molecule has 0 radical (unpaired) electrons. The summed E-state index contributed by atoms with van der Waals surface area (Å²) in [6, 6.07) is 24.3. The summed E-state index contributed by atoms with van der Waals surface area (Å²) in [5, 5.41) is 18.0. The minimum atomic E-state index is -1.26. The number of benzene rings is 3. The van der Waals surface area contributed by atoms with Gasteiger partial charge in [-0.25, -0.2) is 13.6 Å². The number of anilines is 3. The van der Waals surface area contributed by atoms with Crippen molar-refractivity contribution in [3.63, 3.8) is 0 Å². The molecule has 4 nitrogen and oxygen atoms in total. The van der Waals surface area contributed by atoms with E-state index in [-0.39, 0.29) is 16.7 Å². The molecule has 196 valence electrons. The summed E-state index contributed by atoms with van der Waals surface area (Å²) in [6.07, 6.45) is 5.15. The van der Waals surface area contributed by atoms with Crippen molar-refractivity contribution >= 4 is 52.6 Å². The molecular formula is C32H26F2N2O2S. The Morgan fingerprint density at radius 3 is 2.08 bits per heavy atom. The summed E-state index contributed by atoms with van der Waals surface area (Å²) in [5.74, 6) is -2.56. The Bertz CT molecular complexity index is 1590. The van der Waals surface area contributed by atoms with Crippen LogP contribution in [0.5, 0.6) is 0 Å². The normalized spacial score (nSPS) is 11.9. The van der Waals surface area contributed by atoms with Gasteiger partial charge in [-0.2, -0.15) is 5.26 Å². The number of hydrogen-bond donors (Lipinski definition) is 1. The number of nitrogens with zero attached hydrogens (tertiary/aromatic N) is 2. The molecule has 0 aliphatic heterocycles. The number of thiophene rings is 1. The number of carbonyl (C=O) groups is 1. The third-order valence-corrected chi connectivity index (χ3v) is 7.02. The molecule has 1 heterocycles. The van der Waals surface area contributed by atoms with Crippen LogP contribution >= 0.6 is 11.3 Å². The van der Waals surface area contributed by atoms with Gasteiger partial charge < -0.3 is 10.0 Å². The first-order valence-corrected chi connectivity index (χ1v) is 13.0. The highest BCUT2D eigenvalue weighted by atomic mass is 32.1. The van der Waals surface area contributed by atoms with Crippen LogP contribution < -0.4 is 4.90 Å². The maximum atomic E-state index is 14.9. The topological polar surface area (TPSA) is 64.3 Å². The van der Waals surface area contributed by atoms with Gasteiger partial charge in [-0.3, -0.25) is 0 Å². The second-order valence-electron chi connectivity index (χ2n) is 9.87. The van der Waals surface area contributed by atoms with Crippen LogP contribution in [0.1, 0.15) is 41.7 Å². The number of rotatable bonds is 7. The molecule has 0 bridgehead atoms. The molecule has 0 unspecified atom stereocenters. The first-order valence-electron chi connectivity index (χ1n) is 12.1. The van der Waals surface area contributed by atoms with Crippen molar-refractivity contribution in [3.8, 4) is 6.07 Å². The SMILES string of the molecule is CC(C)(C)c1ccc(N(c2ccc(C=Cc3ccc(C=C(C#N)C(=O)O)s3)cc2)c2ccc(F)cc2F)cc1. The molecule has 0 atom stereocenters. The molecule has 0 saturated heterocycles. The minimum absolute atomic E-state index is 0.0354. The fraction of sp³-hybridized carbons (Fsp3) is 0.125. The fourth-order valence-corrected chi connectivity index (χ4v) is 4.79. The summed E-state index contributed by atoms with van der Waals surface area (Å²) in [5.41, 5.74) is 3.38. The third kappa shape index (κ3) is 6.67. The fourth-order valence-electron chi connectivity index (χ4n) is 3.93. The van der Waals surface area contributed by atoms with Gasteiger partial charge in [0.15, 0.2) is 0 Å². The van der Waals surface area contributed by atoms with Crippen LogP contribution in [0.2, 0.25) is 0 Å². The lowest BCUT2D eigenvalue weighted by Crippen LogP contribution is -2.14. The van der Waals surface area contributed by atoms with Gasteiger partial charge >= 0.3 is 5.97 Å². The maximum Gasteiger partial charge on any atom is 0.346 e. The van der Waals surface area contributed by atoms with E-state index in [0.717, 1.165) is 27.8 Å². The molecule has 7 heteroatoms. The van der Waals surface area contributed by atoms with Crippen LogP contribution in [-0.2, 0) is 10.2 Å². The average Bonchev–Trinajstić information content (AvgIpc) is 3.35. The van der Waals surface area contributed by atoms with Gasteiger partial charge in [0.1, 0.15) is 23.3 Å². The van der Waals surface area contributed by atoms with E-state index < -0.39 is 17.6 Å². The van der Waals surface area contributed by atoms with Crippen LogP contribution in [0.4, 0.5) is 25.8 Å². The van der Waals surface area contributed by atoms with E-state index in [0.29, 0.717) is 10.6 Å². The molecule has 0 spiro atoms. The summed E-state index contributed by atoms with van der Waals surface area (Å²) in [4.78, 5) is 14.4. The minimum Gasteiger partial charge on any atom is -0.477 e. The predicted molar refractivity (Wildman–Crippen MR) is 154 cm³/mol. The van der Waals surface area contributed by atoms with Crippen molar-refractivity contribution in [3.05, 3.63) is 117 Å². The highest BCUT2D eigenvalue weighted by Crippen LogP contribution is 2.37. The van der Waals surface area contributed by atoms with E-state index in [9.17, 15) is 13.6 Å². The quantitative estimate of drug-likeness (QED) is 0.188. The van der Waals surface area contributed by atoms with Crippen molar-refractivity contribution in [1.29, 1.82) is 5.26 Å². The van der Waals surface area contributed by atoms with E-state index in [2.05, 4.69) is 20.8 Å². The van der Waals surface area contributed by atoms with E-state index in [4.69, 9.17) is 10.4 Å². The second kappa shape index (κ2) is 11.5. The Morgan fingerprint density at radius 1 is 0.897 bits per heavy atom. The molecule has 0 fully saturated rings. The van der Waals surface area contributed by atoms with Gasteiger partial charge in [-0.05, 0) is 77.2 Å². The largest absolute Gasteiger partial charge is 0.477 e. The molecule has 1 aromatic heterocycles. The highest BCUT2D eigenvalue weighted by molar-refractivity contribution is 7.13. The molecule has 4 aromatic rings. The van der Waals surface area contributed by atoms with Crippen molar-refractivity contribution < 1.29 is 18.7 Å². The standard InChI is InChI=1S/C32H26F2N2O2S/c1-32(2,3)23-7-12-26(13-8-23)36(30-17-9-24(33)19-29(30)34)25-10-4-21(5-11-25)6-14-27-15-16-28(39-27)18-22(20-35)31(37)38/h4-19H,1-3H3,(H,37,38). The Labute approximate surface area is 230 Å². The van der Waals surface area contributed by atoms with Crippen LogP contribution in [0.15, 0.2) is 84.4 Å². The molecule has 3 aromatic carbocycles. The number of carboxylic acid groups (broad SMARTS) is 1. The molecule has 4 rings (SSSR count). The van der Waals surface area contributed by atoms with Crippen LogP contribution in [-0.4, -0.2) is 11.1 Å². The van der Waals surface area contributed by atoms with E-state index in [1.165, 1.54) is 29.5 Å². The molecular weight excluding hydrogens is 514 g/mol. The summed E-state index contributed by atoms with van der Waals surface area (Å²) in [6.45, 7) is 6.37. The van der Waals surface area contributed by atoms with Crippen LogP contribution in [0.3, 0.4) is 0 Å². The highest BCUT2D eigenvalue weighted by Gasteiger charge is 2.19. The van der Waals surface area contributed by atoms with Crippen molar-refractivity contribution in [2.24, 2.45) is 0 Å². The average molecular weight is 541 g/mol. The number of aliphatic carboxylic acids is 1. The van der Waals surface area contributed by atoms with Gasteiger partial charge in [-0.15, -0.1) is 11.3 Å². The lowest BCUT2D eigenvalue weighted by Gasteiger charge is -2.27. The molecule has 39 heavy (non-hydrogen) atoms. The predicted octanol–water partition coefficient (Wildman–Crippen LogP) is 8.96. The summed E-state index contributed by atoms with van der Waals surface area (Å²) in [7, 11) is 0. The molecule has 0 aliphatic rings. The summed E-state index contributed by atoms with van der Waals surface area (Å²) >= 11 is 1.36. The Kier molecular flexibility index (Phi) is 8.08. The van der Waals surface area contributed by atoms with E-state index in [1.54, 1.807) is 17.0 Å². The van der Waals surface area contributed by atoms with Gasteiger partial charge in [0, 0.05) is 27.2 Å². The van der Waals surface area contributed by atoms with Crippen molar-refractivity contribution in [1.82, 2.24) is 0 Å². The Morgan fingerprint density at radius 2 is 1.51 bits per heavy atom. The Balaban J connectivity index is 1.63. The molecule has 0 saturated carbocycles. The monoisotopic (exact) mass is 540 g/mol. The first kappa shape index (κ1) is 27.5. The van der Waals surface area contributed by atoms with Gasteiger partial charge in [0.05, 0.1) is 5.69 Å². The van der Waals surface area contributed by atoms with Crippen molar-refractivity contribution in [2.45, 2.75) is 26.2 Å². The smallest absolute Gasteiger partial charge is 0.346 e. The molecule has 0 aliphatic carbocycles. The lowest BCUT2D eigenvalue weighted by molar-refractivity contribution is -0.132.